The first-order valence-corrected chi connectivity index (χ1v) is 4.15. The van der Waals surface area contributed by atoms with Gasteiger partial charge in [0.15, 0.2) is 5.56 Å². The van der Waals surface area contributed by atoms with Crippen LogP contribution in [-0.4, -0.2) is 6.61 Å². The summed E-state index contributed by atoms with van der Waals surface area (Å²) in [7, 11) is 0. The molecule has 0 aliphatic carbocycles. The van der Waals surface area contributed by atoms with E-state index in [4.69, 9.17) is 16.3 Å². The third-order valence-corrected chi connectivity index (χ3v) is 2.30. The van der Waals surface area contributed by atoms with E-state index in [1.54, 1.807) is 0 Å². The minimum atomic E-state index is -0.236. The Labute approximate surface area is 70.9 Å². The molecule has 0 radical (unpaired) electrons. The lowest BCUT2D eigenvalue weighted by Crippen LogP contribution is -2.11. The second-order valence-electron chi connectivity index (χ2n) is 2.64. The molecule has 0 bridgehead atoms. The molecule has 58 valence electrons. The number of rotatable bonds is 0. The number of hydrogen-bond acceptors (Lipinski definition) is 1. The molecule has 0 saturated heterocycles. The third kappa shape index (κ3) is 1.26. The van der Waals surface area contributed by atoms with Crippen molar-refractivity contribution in [3.8, 4) is 0 Å². The van der Waals surface area contributed by atoms with Crippen molar-refractivity contribution < 1.29 is 4.74 Å². The Morgan fingerprint density at radius 2 is 2.18 bits per heavy atom. The maximum atomic E-state index is 5.92. The Morgan fingerprint density at radius 3 is 3.00 bits per heavy atom. The van der Waals surface area contributed by atoms with Crippen molar-refractivity contribution in [3.63, 3.8) is 0 Å². The normalized spacial score (nSPS) is 22.8. The fourth-order valence-corrected chi connectivity index (χ4v) is 1.65. The van der Waals surface area contributed by atoms with E-state index in [9.17, 15) is 0 Å². The van der Waals surface area contributed by atoms with E-state index in [2.05, 4.69) is 6.07 Å². The van der Waals surface area contributed by atoms with Crippen molar-refractivity contribution in [2.75, 3.05) is 6.61 Å². The van der Waals surface area contributed by atoms with Gasteiger partial charge in [0, 0.05) is 0 Å². The van der Waals surface area contributed by atoms with Crippen molar-refractivity contribution in [1.29, 1.82) is 0 Å². The van der Waals surface area contributed by atoms with Gasteiger partial charge in [-0.1, -0.05) is 35.9 Å². The Kier molecular flexibility index (Phi) is 1.84. The molecule has 11 heavy (non-hydrogen) atoms. The molecule has 1 unspecified atom stereocenters. The molecule has 0 fully saturated rings. The van der Waals surface area contributed by atoms with Crippen LogP contribution in [0.25, 0.3) is 0 Å². The van der Waals surface area contributed by atoms with Crippen LogP contribution in [0.15, 0.2) is 24.3 Å². The molecule has 0 N–H and O–H groups in total. The summed E-state index contributed by atoms with van der Waals surface area (Å²) >= 11 is 5.92. The third-order valence-electron chi connectivity index (χ3n) is 1.94. The molecule has 1 nitrogen and oxygen atoms in total. The van der Waals surface area contributed by atoms with Crippen LogP contribution in [0.1, 0.15) is 16.7 Å². The van der Waals surface area contributed by atoms with E-state index < -0.39 is 0 Å². The maximum absolute atomic E-state index is 5.92. The lowest BCUT2D eigenvalue weighted by atomic mass is 10.0. The van der Waals surface area contributed by atoms with E-state index in [0.29, 0.717) is 0 Å². The van der Waals surface area contributed by atoms with Crippen LogP contribution < -0.4 is 0 Å². The van der Waals surface area contributed by atoms with E-state index in [1.807, 2.05) is 18.2 Å². The second-order valence-corrected chi connectivity index (χ2v) is 3.03. The molecule has 1 aliphatic rings. The van der Waals surface area contributed by atoms with Gasteiger partial charge in [0.1, 0.15) is 0 Å². The predicted molar refractivity (Wildman–Crippen MR) is 44.7 cm³/mol. The number of benzene rings is 1. The summed E-state index contributed by atoms with van der Waals surface area (Å²) < 4.78 is 5.27. The zero-order valence-electron chi connectivity index (χ0n) is 6.09. The molecular formula is C9H9ClO. The molecule has 0 saturated carbocycles. The first-order valence-electron chi connectivity index (χ1n) is 3.71. The zero-order valence-corrected chi connectivity index (χ0v) is 6.84. The lowest BCUT2D eigenvalue weighted by molar-refractivity contribution is 0.0978. The minimum Gasteiger partial charge on any atom is -0.358 e. The molecule has 0 spiro atoms. The standard InChI is InChI=1S/C9H9ClO/c10-9-8-4-2-1-3-7(8)5-6-11-9/h1-4,9H,5-6H2. The van der Waals surface area contributed by atoms with Crippen LogP contribution in [0.3, 0.4) is 0 Å². The number of halogens is 1. The van der Waals surface area contributed by atoms with Crippen molar-refractivity contribution >= 4 is 11.6 Å². The number of hydrogen-bond donors (Lipinski definition) is 0. The quantitative estimate of drug-likeness (QED) is 0.541. The number of fused-ring (bicyclic) bond motifs is 1. The smallest absolute Gasteiger partial charge is 0.156 e. The Bertz CT molecular complexity index is 259. The van der Waals surface area contributed by atoms with Gasteiger partial charge in [-0.3, -0.25) is 0 Å². The van der Waals surface area contributed by atoms with E-state index in [0.717, 1.165) is 18.6 Å². The molecule has 2 rings (SSSR count). The second kappa shape index (κ2) is 2.84. The monoisotopic (exact) mass is 168 g/mol. The van der Waals surface area contributed by atoms with E-state index >= 15 is 0 Å². The molecule has 1 heterocycles. The summed E-state index contributed by atoms with van der Waals surface area (Å²) in [6.07, 6.45) is 0.986. The highest BCUT2D eigenvalue weighted by molar-refractivity contribution is 6.20. The highest BCUT2D eigenvalue weighted by Crippen LogP contribution is 2.29. The average molecular weight is 169 g/mol. The molecule has 0 amide bonds. The van der Waals surface area contributed by atoms with Gasteiger partial charge in [-0.05, 0) is 17.5 Å². The molecule has 1 aromatic rings. The van der Waals surface area contributed by atoms with Gasteiger partial charge in [0.2, 0.25) is 0 Å². The molecule has 1 aromatic carbocycles. The molecule has 0 aromatic heterocycles. The van der Waals surface area contributed by atoms with Gasteiger partial charge < -0.3 is 4.74 Å². The maximum Gasteiger partial charge on any atom is 0.156 e. The van der Waals surface area contributed by atoms with Gasteiger partial charge in [-0.15, -0.1) is 0 Å². The van der Waals surface area contributed by atoms with Crippen molar-refractivity contribution in [2.24, 2.45) is 0 Å². The Morgan fingerprint density at radius 1 is 1.36 bits per heavy atom. The van der Waals surface area contributed by atoms with Gasteiger partial charge in [-0.25, -0.2) is 0 Å². The first kappa shape index (κ1) is 7.14. The van der Waals surface area contributed by atoms with Crippen LogP contribution in [0.5, 0.6) is 0 Å². The fourth-order valence-electron chi connectivity index (χ4n) is 1.35. The van der Waals surface area contributed by atoms with Crippen LogP contribution in [0, 0.1) is 0 Å². The molecule has 1 aliphatic heterocycles. The van der Waals surface area contributed by atoms with Crippen LogP contribution in [0.2, 0.25) is 0 Å². The minimum absolute atomic E-state index is 0.236. The van der Waals surface area contributed by atoms with Crippen molar-refractivity contribution in [1.82, 2.24) is 0 Å². The van der Waals surface area contributed by atoms with Gasteiger partial charge in [-0.2, -0.15) is 0 Å². The zero-order chi connectivity index (χ0) is 7.68. The summed E-state index contributed by atoms with van der Waals surface area (Å²) in [5.74, 6) is 0. The molecule has 1 atom stereocenters. The number of ether oxygens (including phenoxy) is 1. The van der Waals surface area contributed by atoms with Crippen LogP contribution in [-0.2, 0) is 11.2 Å². The highest BCUT2D eigenvalue weighted by Gasteiger charge is 2.16. The largest absolute Gasteiger partial charge is 0.358 e. The van der Waals surface area contributed by atoms with E-state index in [1.165, 1.54) is 5.56 Å². The molecule has 2 heteroatoms. The Hall–Kier alpha value is -0.530. The topological polar surface area (TPSA) is 9.23 Å². The highest BCUT2D eigenvalue weighted by atomic mass is 35.5. The van der Waals surface area contributed by atoms with Gasteiger partial charge in [0.25, 0.3) is 0 Å². The molecular weight excluding hydrogens is 160 g/mol. The summed E-state index contributed by atoms with van der Waals surface area (Å²) in [5, 5.41) is 0. The lowest BCUT2D eigenvalue weighted by Gasteiger charge is -2.20. The predicted octanol–water partition coefficient (Wildman–Crippen LogP) is 2.50. The summed E-state index contributed by atoms with van der Waals surface area (Å²) in [5.41, 5.74) is 2.21. The summed E-state index contributed by atoms with van der Waals surface area (Å²) in [4.78, 5) is 0. The fraction of sp³-hybridized carbons (Fsp3) is 0.333. The summed E-state index contributed by atoms with van der Waals surface area (Å²) in [6, 6.07) is 8.15. The first-order chi connectivity index (χ1) is 5.38. The van der Waals surface area contributed by atoms with E-state index in [-0.39, 0.29) is 5.56 Å². The SMILES string of the molecule is ClC1OCCc2ccccc21. The van der Waals surface area contributed by atoms with Gasteiger partial charge in [0.05, 0.1) is 6.61 Å². The van der Waals surface area contributed by atoms with Crippen molar-refractivity contribution in [2.45, 2.75) is 12.0 Å². The van der Waals surface area contributed by atoms with Crippen molar-refractivity contribution in [3.05, 3.63) is 35.4 Å². The van der Waals surface area contributed by atoms with Crippen LogP contribution in [0.4, 0.5) is 0 Å². The number of alkyl halides is 1. The van der Waals surface area contributed by atoms with Crippen LogP contribution >= 0.6 is 11.6 Å². The van der Waals surface area contributed by atoms with Gasteiger partial charge >= 0.3 is 0 Å². The average Bonchev–Trinajstić information content (AvgIpc) is 2.06. The summed E-state index contributed by atoms with van der Waals surface area (Å²) in [6.45, 7) is 0.741. The Balaban J connectivity index is 2.44.